The Labute approximate surface area is 168 Å². The third-order valence-corrected chi connectivity index (χ3v) is 4.12. The van der Waals surface area contributed by atoms with Gasteiger partial charge in [0.15, 0.2) is 5.78 Å². The number of hydrogen-bond acceptors (Lipinski definition) is 3. The summed E-state index contributed by atoms with van der Waals surface area (Å²) in [4.78, 5) is 24.1. The van der Waals surface area contributed by atoms with Crippen molar-refractivity contribution in [3.05, 3.63) is 113 Å². The van der Waals surface area contributed by atoms with Crippen LogP contribution in [0.15, 0.2) is 91.0 Å². The van der Waals surface area contributed by atoms with E-state index in [9.17, 15) is 9.59 Å². The molecule has 0 atom stereocenters. The standard InChI is InChI=1S/C24H17ClO3/c25-21-12-6-19(7-13-21)8-16-23(26)20-10-14-22(15-11-20)28-24(27)17-9-18-4-2-1-3-5-18/h1-17H/b16-8-,17-9-. The van der Waals surface area contributed by atoms with E-state index in [0.29, 0.717) is 16.3 Å². The first-order valence-corrected chi connectivity index (χ1v) is 9.01. The fraction of sp³-hybridized carbons (Fsp3) is 0. The van der Waals surface area contributed by atoms with Crippen LogP contribution >= 0.6 is 11.6 Å². The van der Waals surface area contributed by atoms with Crippen LogP contribution in [0.4, 0.5) is 0 Å². The maximum Gasteiger partial charge on any atom is 0.336 e. The van der Waals surface area contributed by atoms with Gasteiger partial charge in [0.2, 0.25) is 0 Å². The first-order valence-electron chi connectivity index (χ1n) is 8.63. The van der Waals surface area contributed by atoms with Crippen molar-refractivity contribution in [1.29, 1.82) is 0 Å². The molecule has 0 spiro atoms. The van der Waals surface area contributed by atoms with Gasteiger partial charge in [-0.1, -0.05) is 60.1 Å². The molecule has 0 radical (unpaired) electrons. The van der Waals surface area contributed by atoms with Gasteiger partial charge in [0, 0.05) is 16.7 Å². The molecule has 28 heavy (non-hydrogen) atoms. The second-order valence-electron chi connectivity index (χ2n) is 5.94. The van der Waals surface area contributed by atoms with Gasteiger partial charge in [-0.3, -0.25) is 4.79 Å². The van der Waals surface area contributed by atoms with Crippen LogP contribution in [0.5, 0.6) is 5.75 Å². The lowest BCUT2D eigenvalue weighted by atomic mass is 10.1. The second-order valence-corrected chi connectivity index (χ2v) is 6.38. The van der Waals surface area contributed by atoms with E-state index >= 15 is 0 Å². The first kappa shape index (κ1) is 19.3. The molecule has 4 heteroatoms. The van der Waals surface area contributed by atoms with Gasteiger partial charge in [0.25, 0.3) is 0 Å². The average Bonchev–Trinajstić information content (AvgIpc) is 2.73. The first-order chi connectivity index (χ1) is 13.6. The molecular weight excluding hydrogens is 372 g/mol. The second kappa shape index (κ2) is 9.49. The topological polar surface area (TPSA) is 43.4 Å². The van der Waals surface area contributed by atoms with Gasteiger partial charge in [0.05, 0.1) is 0 Å². The number of carbonyl (C=O) groups is 2. The van der Waals surface area contributed by atoms with Crippen molar-refractivity contribution < 1.29 is 14.3 Å². The van der Waals surface area contributed by atoms with Crippen molar-refractivity contribution in [2.75, 3.05) is 0 Å². The maximum atomic E-state index is 12.2. The van der Waals surface area contributed by atoms with E-state index in [1.165, 1.54) is 12.2 Å². The highest BCUT2D eigenvalue weighted by molar-refractivity contribution is 6.30. The largest absolute Gasteiger partial charge is 0.423 e. The Bertz CT molecular complexity index is 1000. The van der Waals surface area contributed by atoms with E-state index in [1.54, 1.807) is 48.6 Å². The number of hydrogen-bond donors (Lipinski definition) is 0. The molecule has 0 unspecified atom stereocenters. The molecule has 0 N–H and O–H groups in total. The van der Waals surface area contributed by atoms with Crippen molar-refractivity contribution in [3.8, 4) is 5.75 Å². The summed E-state index contributed by atoms with van der Waals surface area (Å²) < 4.78 is 5.24. The van der Waals surface area contributed by atoms with E-state index < -0.39 is 5.97 Å². The molecule has 0 saturated carbocycles. The number of ether oxygens (including phenoxy) is 1. The van der Waals surface area contributed by atoms with E-state index in [4.69, 9.17) is 16.3 Å². The van der Waals surface area contributed by atoms with Gasteiger partial charge in [-0.2, -0.15) is 0 Å². The third-order valence-electron chi connectivity index (χ3n) is 3.87. The number of ketones is 1. The van der Waals surface area contributed by atoms with Crippen LogP contribution in [0.2, 0.25) is 5.02 Å². The molecule has 0 amide bonds. The number of benzene rings is 3. The summed E-state index contributed by atoms with van der Waals surface area (Å²) in [7, 11) is 0. The van der Waals surface area contributed by atoms with Crippen LogP contribution in [0.25, 0.3) is 12.2 Å². The summed E-state index contributed by atoms with van der Waals surface area (Å²) in [5.41, 5.74) is 2.30. The SMILES string of the molecule is O=C(/C=C\c1ccccc1)Oc1ccc(C(=O)/C=C\c2ccc(Cl)cc2)cc1. The molecule has 3 nitrogen and oxygen atoms in total. The summed E-state index contributed by atoms with van der Waals surface area (Å²) in [6.45, 7) is 0. The average molecular weight is 389 g/mol. The van der Waals surface area contributed by atoms with Gasteiger partial charge in [-0.15, -0.1) is 0 Å². The highest BCUT2D eigenvalue weighted by Gasteiger charge is 2.04. The minimum Gasteiger partial charge on any atom is -0.423 e. The Morgan fingerprint density at radius 2 is 1.32 bits per heavy atom. The molecule has 0 bridgehead atoms. The van der Waals surface area contributed by atoms with Gasteiger partial charge < -0.3 is 4.74 Å². The zero-order valence-corrected chi connectivity index (χ0v) is 15.7. The zero-order chi connectivity index (χ0) is 19.8. The molecule has 0 heterocycles. The number of allylic oxidation sites excluding steroid dienone is 1. The predicted molar refractivity (Wildman–Crippen MR) is 112 cm³/mol. The molecule has 138 valence electrons. The molecule has 0 aromatic heterocycles. The third kappa shape index (κ3) is 5.79. The molecule has 0 aliphatic carbocycles. The number of rotatable bonds is 6. The number of halogens is 1. The summed E-state index contributed by atoms with van der Waals surface area (Å²) in [6.07, 6.45) is 6.26. The van der Waals surface area contributed by atoms with Crippen LogP contribution in [0.1, 0.15) is 21.5 Å². The van der Waals surface area contributed by atoms with E-state index in [0.717, 1.165) is 11.1 Å². The normalized spacial score (nSPS) is 11.0. The quantitative estimate of drug-likeness (QED) is 0.230. The molecule has 0 aliphatic rings. The summed E-state index contributed by atoms with van der Waals surface area (Å²) in [6, 6.07) is 23.1. The predicted octanol–water partition coefficient (Wildman–Crippen LogP) is 5.85. The fourth-order valence-electron chi connectivity index (χ4n) is 2.41. The Balaban J connectivity index is 1.58. The van der Waals surface area contributed by atoms with Crippen LogP contribution in [-0.4, -0.2) is 11.8 Å². The van der Waals surface area contributed by atoms with E-state index in [-0.39, 0.29) is 5.78 Å². The van der Waals surface area contributed by atoms with Crippen molar-refractivity contribution in [2.24, 2.45) is 0 Å². The van der Waals surface area contributed by atoms with E-state index in [1.807, 2.05) is 42.5 Å². The summed E-state index contributed by atoms with van der Waals surface area (Å²) in [5, 5.41) is 0.646. The van der Waals surface area contributed by atoms with Gasteiger partial charge in [-0.25, -0.2) is 4.79 Å². The van der Waals surface area contributed by atoms with Crippen molar-refractivity contribution in [2.45, 2.75) is 0 Å². The zero-order valence-electron chi connectivity index (χ0n) is 14.9. The molecule has 3 aromatic rings. The molecule has 0 saturated heterocycles. The monoisotopic (exact) mass is 388 g/mol. The van der Waals surface area contributed by atoms with Gasteiger partial charge >= 0.3 is 5.97 Å². The lowest BCUT2D eigenvalue weighted by molar-refractivity contribution is -0.128. The van der Waals surface area contributed by atoms with Crippen molar-refractivity contribution >= 4 is 35.5 Å². The van der Waals surface area contributed by atoms with Gasteiger partial charge in [-0.05, 0) is 59.7 Å². The van der Waals surface area contributed by atoms with Gasteiger partial charge in [0.1, 0.15) is 5.75 Å². The summed E-state index contributed by atoms with van der Waals surface area (Å²) in [5.74, 6) is -0.247. The fourth-order valence-corrected chi connectivity index (χ4v) is 2.53. The molecule has 3 rings (SSSR count). The molecule has 0 fully saturated rings. The maximum absolute atomic E-state index is 12.2. The Hall–Kier alpha value is -3.43. The van der Waals surface area contributed by atoms with Crippen LogP contribution < -0.4 is 4.74 Å². The summed E-state index contributed by atoms with van der Waals surface area (Å²) >= 11 is 5.84. The Morgan fingerprint density at radius 1 is 0.714 bits per heavy atom. The lowest BCUT2D eigenvalue weighted by Crippen LogP contribution is -2.04. The lowest BCUT2D eigenvalue weighted by Gasteiger charge is -2.02. The van der Waals surface area contributed by atoms with Crippen molar-refractivity contribution in [1.82, 2.24) is 0 Å². The Kier molecular flexibility index (Phi) is 6.55. The minimum atomic E-state index is -0.481. The number of carbonyl (C=O) groups excluding carboxylic acids is 2. The van der Waals surface area contributed by atoms with E-state index in [2.05, 4.69) is 0 Å². The Morgan fingerprint density at radius 3 is 2.00 bits per heavy atom. The highest BCUT2D eigenvalue weighted by atomic mass is 35.5. The smallest absolute Gasteiger partial charge is 0.336 e. The number of esters is 1. The minimum absolute atomic E-state index is 0.142. The van der Waals surface area contributed by atoms with Crippen LogP contribution in [-0.2, 0) is 4.79 Å². The van der Waals surface area contributed by atoms with Crippen molar-refractivity contribution in [3.63, 3.8) is 0 Å². The molecule has 3 aromatic carbocycles. The van der Waals surface area contributed by atoms with Crippen LogP contribution in [0, 0.1) is 0 Å². The molecule has 0 aliphatic heterocycles. The highest BCUT2D eigenvalue weighted by Crippen LogP contribution is 2.15. The molecular formula is C24H17ClO3. The van der Waals surface area contributed by atoms with Crippen LogP contribution in [0.3, 0.4) is 0 Å².